The van der Waals surface area contributed by atoms with Crippen molar-refractivity contribution in [3.8, 4) is 17.6 Å². The standard InChI is InChI=1S/C25H19Cl2N3O5/c1-15-7-8-19(30(32)33)12-22(15)29-25(31)18(13-28)9-16-10-21(27)24(23(11-16)34-2)35-14-17-5-3-4-6-20(17)26/h3-12H,14H2,1-2H3,(H,29,31)/b18-9+. The number of anilines is 1. The zero-order valence-electron chi connectivity index (χ0n) is 18.7. The Balaban J connectivity index is 1.85. The number of rotatable bonds is 8. The maximum atomic E-state index is 12.7. The van der Waals surface area contributed by atoms with Gasteiger partial charge in [0, 0.05) is 22.7 Å². The highest BCUT2D eigenvalue weighted by Crippen LogP contribution is 2.38. The lowest BCUT2D eigenvalue weighted by Crippen LogP contribution is -2.14. The zero-order chi connectivity index (χ0) is 25.5. The van der Waals surface area contributed by atoms with E-state index in [1.165, 1.54) is 37.5 Å². The third kappa shape index (κ3) is 6.29. The molecule has 0 aliphatic heterocycles. The number of aryl methyl sites for hydroxylation is 1. The summed E-state index contributed by atoms with van der Waals surface area (Å²) < 4.78 is 11.2. The number of non-ortho nitro benzene ring substituents is 1. The molecular formula is C25H19Cl2N3O5. The fourth-order valence-corrected chi connectivity index (χ4v) is 3.56. The number of nitriles is 1. The van der Waals surface area contributed by atoms with Crippen molar-refractivity contribution in [1.82, 2.24) is 0 Å². The summed E-state index contributed by atoms with van der Waals surface area (Å²) in [5.74, 6) is -0.158. The molecule has 0 aliphatic carbocycles. The first-order valence-corrected chi connectivity index (χ1v) is 10.9. The molecule has 3 aromatic carbocycles. The van der Waals surface area contributed by atoms with Crippen molar-refractivity contribution in [3.63, 3.8) is 0 Å². The Bertz CT molecular complexity index is 1370. The van der Waals surface area contributed by atoms with Crippen molar-refractivity contribution in [1.29, 1.82) is 5.26 Å². The fraction of sp³-hybridized carbons (Fsp3) is 0.120. The second kappa shape index (κ2) is 11.4. The summed E-state index contributed by atoms with van der Waals surface area (Å²) in [6.45, 7) is 1.83. The SMILES string of the molecule is COc1cc(/C=C(\C#N)C(=O)Nc2cc([N+](=O)[O-])ccc2C)cc(Cl)c1OCc1ccccc1Cl. The number of carbonyl (C=O) groups excluding carboxylic acids is 1. The molecule has 0 spiro atoms. The Morgan fingerprint density at radius 1 is 1.17 bits per heavy atom. The number of nitro groups is 1. The van der Waals surface area contributed by atoms with E-state index in [1.807, 2.05) is 24.3 Å². The van der Waals surface area contributed by atoms with E-state index < -0.39 is 10.8 Å². The lowest BCUT2D eigenvalue weighted by molar-refractivity contribution is -0.384. The first-order chi connectivity index (χ1) is 16.7. The normalized spacial score (nSPS) is 10.9. The predicted octanol–water partition coefficient (Wildman–Crippen LogP) is 6.34. The van der Waals surface area contributed by atoms with Gasteiger partial charge in [-0.1, -0.05) is 47.5 Å². The molecule has 0 bridgehead atoms. The van der Waals surface area contributed by atoms with Crippen LogP contribution in [0.1, 0.15) is 16.7 Å². The van der Waals surface area contributed by atoms with Crippen LogP contribution in [-0.4, -0.2) is 17.9 Å². The van der Waals surface area contributed by atoms with Crippen LogP contribution in [0.4, 0.5) is 11.4 Å². The molecule has 0 unspecified atom stereocenters. The molecule has 0 aromatic heterocycles. The van der Waals surface area contributed by atoms with Crippen molar-refractivity contribution < 1.29 is 19.2 Å². The van der Waals surface area contributed by atoms with E-state index in [-0.39, 0.29) is 34.3 Å². The highest BCUT2D eigenvalue weighted by atomic mass is 35.5. The number of benzene rings is 3. The summed E-state index contributed by atoms with van der Waals surface area (Å²) in [4.78, 5) is 23.2. The van der Waals surface area contributed by atoms with Crippen LogP contribution >= 0.6 is 23.2 Å². The second-order valence-corrected chi connectivity index (χ2v) is 8.11. The Kier molecular flexibility index (Phi) is 8.31. The van der Waals surface area contributed by atoms with Gasteiger partial charge in [0.1, 0.15) is 18.2 Å². The number of nitro benzene ring substituents is 1. The average molecular weight is 512 g/mol. The average Bonchev–Trinajstić information content (AvgIpc) is 2.83. The predicted molar refractivity (Wildman–Crippen MR) is 134 cm³/mol. The first-order valence-electron chi connectivity index (χ1n) is 10.2. The smallest absolute Gasteiger partial charge is 0.271 e. The number of amides is 1. The monoisotopic (exact) mass is 511 g/mol. The minimum absolute atomic E-state index is 0.152. The van der Waals surface area contributed by atoms with Gasteiger partial charge in [0.05, 0.1) is 22.7 Å². The molecule has 3 aromatic rings. The molecule has 0 atom stereocenters. The third-order valence-corrected chi connectivity index (χ3v) is 5.59. The van der Waals surface area contributed by atoms with Gasteiger partial charge in [-0.25, -0.2) is 0 Å². The minimum Gasteiger partial charge on any atom is -0.493 e. The molecule has 0 saturated heterocycles. The number of carbonyl (C=O) groups is 1. The van der Waals surface area contributed by atoms with Crippen molar-refractivity contribution in [2.75, 3.05) is 12.4 Å². The summed E-state index contributed by atoms with van der Waals surface area (Å²) in [5.41, 5.74) is 1.59. The van der Waals surface area contributed by atoms with Crippen LogP contribution in [0.25, 0.3) is 6.08 Å². The quantitative estimate of drug-likeness (QED) is 0.163. The summed E-state index contributed by atoms with van der Waals surface area (Å²) in [7, 11) is 1.44. The largest absolute Gasteiger partial charge is 0.493 e. The molecule has 1 amide bonds. The molecule has 35 heavy (non-hydrogen) atoms. The Hall–Kier alpha value is -4.06. The van der Waals surface area contributed by atoms with E-state index in [9.17, 15) is 20.2 Å². The first kappa shape index (κ1) is 25.6. The second-order valence-electron chi connectivity index (χ2n) is 7.29. The van der Waals surface area contributed by atoms with Gasteiger partial charge < -0.3 is 14.8 Å². The molecule has 0 fully saturated rings. The summed E-state index contributed by atoms with van der Waals surface area (Å²) >= 11 is 12.6. The van der Waals surface area contributed by atoms with Gasteiger partial charge in [0.25, 0.3) is 11.6 Å². The summed E-state index contributed by atoms with van der Waals surface area (Å²) in [6.07, 6.45) is 1.33. The lowest BCUT2D eigenvalue weighted by atomic mass is 10.1. The van der Waals surface area contributed by atoms with Crippen LogP contribution in [-0.2, 0) is 11.4 Å². The van der Waals surface area contributed by atoms with Crippen LogP contribution in [0, 0.1) is 28.4 Å². The van der Waals surface area contributed by atoms with Gasteiger partial charge >= 0.3 is 0 Å². The van der Waals surface area contributed by atoms with Crippen molar-refractivity contribution in [3.05, 3.63) is 97.0 Å². The number of nitrogens with one attached hydrogen (secondary N) is 1. The Morgan fingerprint density at radius 3 is 2.57 bits per heavy atom. The maximum Gasteiger partial charge on any atom is 0.271 e. The lowest BCUT2D eigenvalue weighted by Gasteiger charge is -2.14. The van der Waals surface area contributed by atoms with E-state index in [0.29, 0.717) is 21.9 Å². The molecule has 3 rings (SSSR count). The van der Waals surface area contributed by atoms with Crippen LogP contribution < -0.4 is 14.8 Å². The van der Waals surface area contributed by atoms with E-state index in [2.05, 4.69) is 5.32 Å². The molecular weight excluding hydrogens is 493 g/mol. The van der Waals surface area contributed by atoms with Crippen molar-refractivity contribution in [2.24, 2.45) is 0 Å². The highest BCUT2D eigenvalue weighted by Gasteiger charge is 2.17. The number of halogens is 2. The van der Waals surface area contributed by atoms with Gasteiger partial charge in [-0.15, -0.1) is 0 Å². The minimum atomic E-state index is -0.731. The van der Waals surface area contributed by atoms with Crippen molar-refractivity contribution in [2.45, 2.75) is 13.5 Å². The van der Waals surface area contributed by atoms with Crippen molar-refractivity contribution >= 4 is 46.6 Å². The molecule has 0 radical (unpaired) electrons. The number of ether oxygens (including phenoxy) is 2. The van der Waals surface area contributed by atoms with Crippen LogP contribution in [0.2, 0.25) is 10.0 Å². The van der Waals surface area contributed by atoms with Crippen LogP contribution in [0.5, 0.6) is 11.5 Å². The molecule has 178 valence electrons. The van der Waals surface area contributed by atoms with E-state index in [4.69, 9.17) is 32.7 Å². The Labute approximate surface area is 211 Å². The maximum absolute atomic E-state index is 12.7. The van der Waals surface area contributed by atoms with E-state index >= 15 is 0 Å². The topological polar surface area (TPSA) is 114 Å². The van der Waals surface area contributed by atoms with Gasteiger partial charge in [0.15, 0.2) is 11.5 Å². The molecule has 0 heterocycles. The molecule has 1 N–H and O–H groups in total. The van der Waals surface area contributed by atoms with Crippen LogP contribution in [0.15, 0.2) is 60.2 Å². The van der Waals surface area contributed by atoms with E-state index in [0.717, 1.165) is 5.56 Å². The molecule has 10 heteroatoms. The van der Waals surface area contributed by atoms with E-state index in [1.54, 1.807) is 19.1 Å². The Morgan fingerprint density at radius 2 is 1.91 bits per heavy atom. The summed E-state index contributed by atoms with van der Waals surface area (Å²) in [5, 5.41) is 23.9. The van der Waals surface area contributed by atoms with Gasteiger partial charge in [0.2, 0.25) is 0 Å². The molecule has 8 nitrogen and oxygen atoms in total. The van der Waals surface area contributed by atoms with Gasteiger partial charge in [-0.2, -0.15) is 5.26 Å². The number of nitrogens with zero attached hydrogens (tertiary/aromatic N) is 2. The number of hydrogen-bond acceptors (Lipinski definition) is 6. The zero-order valence-corrected chi connectivity index (χ0v) is 20.2. The fourth-order valence-electron chi connectivity index (χ4n) is 3.09. The molecule has 0 aliphatic rings. The van der Waals surface area contributed by atoms with Gasteiger partial charge in [-0.05, 0) is 42.3 Å². The van der Waals surface area contributed by atoms with Gasteiger partial charge in [-0.3, -0.25) is 14.9 Å². The highest BCUT2D eigenvalue weighted by molar-refractivity contribution is 6.32. The number of methoxy groups -OCH3 is 1. The third-order valence-electron chi connectivity index (χ3n) is 4.94. The summed E-state index contributed by atoms with van der Waals surface area (Å²) in [6, 6.07) is 16.2. The molecule has 0 saturated carbocycles. The van der Waals surface area contributed by atoms with Crippen LogP contribution in [0.3, 0.4) is 0 Å². The number of hydrogen-bond donors (Lipinski definition) is 1.